The highest BCUT2D eigenvalue weighted by atomic mass is 16.1. The molecule has 2 heterocycles. The van der Waals surface area contributed by atoms with Gasteiger partial charge in [-0.3, -0.25) is 9.59 Å². The summed E-state index contributed by atoms with van der Waals surface area (Å²) in [6.07, 6.45) is 9.69. The SMILES string of the molecule is C/C=C/Cn1cc(-c2ccc(C(=O)NC3CC3)cc2)c2cc[nH]c2c1=O. The molecule has 1 saturated carbocycles. The average molecular weight is 347 g/mol. The minimum atomic E-state index is -0.0349. The van der Waals surface area contributed by atoms with Crippen LogP contribution in [0.1, 0.15) is 30.1 Å². The van der Waals surface area contributed by atoms with E-state index in [-0.39, 0.29) is 11.5 Å². The Labute approximate surface area is 151 Å². The number of aromatic amines is 1. The highest BCUT2D eigenvalue weighted by molar-refractivity contribution is 5.97. The van der Waals surface area contributed by atoms with Crippen LogP contribution in [-0.4, -0.2) is 21.5 Å². The Morgan fingerprint density at radius 1 is 1.27 bits per heavy atom. The number of allylic oxidation sites excluding steroid dienone is 2. The van der Waals surface area contributed by atoms with Crippen molar-refractivity contribution < 1.29 is 4.79 Å². The molecule has 0 radical (unpaired) electrons. The molecule has 2 aromatic heterocycles. The number of hydrogen-bond acceptors (Lipinski definition) is 2. The van der Waals surface area contributed by atoms with Crippen LogP contribution < -0.4 is 10.9 Å². The topological polar surface area (TPSA) is 66.9 Å². The zero-order chi connectivity index (χ0) is 18.1. The summed E-state index contributed by atoms with van der Waals surface area (Å²) in [4.78, 5) is 27.8. The molecule has 132 valence electrons. The number of rotatable bonds is 5. The van der Waals surface area contributed by atoms with Gasteiger partial charge in [-0.2, -0.15) is 0 Å². The lowest BCUT2D eigenvalue weighted by molar-refractivity contribution is 0.0951. The summed E-state index contributed by atoms with van der Waals surface area (Å²) in [7, 11) is 0. The molecule has 0 saturated heterocycles. The average Bonchev–Trinajstić information content (AvgIpc) is 3.33. The number of H-pyrrole nitrogens is 1. The van der Waals surface area contributed by atoms with Crippen molar-refractivity contribution in [2.75, 3.05) is 0 Å². The summed E-state index contributed by atoms with van der Waals surface area (Å²) in [6, 6.07) is 9.82. The van der Waals surface area contributed by atoms with Gasteiger partial charge in [-0.1, -0.05) is 24.3 Å². The van der Waals surface area contributed by atoms with Crippen molar-refractivity contribution in [3.8, 4) is 11.1 Å². The Kier molecular flexibility index (Phi) is 4.21. The predicted octanol–water partition coefficient (Wildman–Crippen LogP) is 3.46. The van der Waals surface area contributed by atoms with Crippen molar-refractivity contribution in [1.82, 2.24) is 14.9 Å². The van der Waals surface area contributed by atoms with E-state index in [0.29, 0.717) is 23.7 Å². The minimum Gasteiger partial charge on any atom is -0.357 e. The molecular formula is C21H21N3O2. The van der Waals surface area contributed by atoms with Gasteiger partial charge < -0.3 is 14.9 Å². The number of nitrogens with zero attached hydrogens (tertiary/aromatic N) is 1. The van der Waals surface area contributed by atoms with Crippen LogP contribution in [0.3, 0.4) is 0 Å². The maximum absolute atomic E-state index is 12.6. The Morgan fingerprint density at radius 3 is 2.73 bits per heavy atom. The summed E-state index contributed by atoms with van der Waals surface area (Å²) in [5, 5.41) is 3.89. The van der Waals surface area contributed by atoms with Crippen LogP contribution in [0.2, 0.25) is 0 Å². The van der Waals surface area contributed by atoms with Gasteiger partial charge in [0.15, 0.2) is 0 Å². The van der Waals surface area contributed by atoms with E-state index in [1.165, 1.54) is 0 Å². The molecule has 0 atom stereocenters. The predicted molar refractivity (Wildman–Crippen MR) is 103 cm³/mol. The quantitative estimate of drug-likeness (QED) is 0.694. The maximum Gasteiger partial charge on any atom is 0.275 e. The first kappa shape index (κ1) is 16.4. The van der Waals surface area contributed by atoms with Gasteiger partial charge in [0.1, 0.15) is 5.52 Å². The largest absolute Gasteiger partial charge is 0.357 e. The molecule has 4 rings (SSSR count). The lowest BCUT2D eigenvalue weighted by Gasteiger charge is -2.10. The van der Waals surface area contributed by atoms with Gasteiger partial charge >= 0.3 is 0 Å². The third-order valence-electron chi connectivity index (χ3n) is 4.71. The molecule has 1 fully saturated rings. The van der Waals surface area contributed by atoms with Gasteiger partial charge in [0.25, 0.3) is 11.5 Å². The van der Waals surface area contributed by atoms with Crippen LogP contribution in [0.5, 0.6) is 0 Å². The van der Waals surface area contributed by atoms with E-state index in [2.05, 4.69) is 10.3 Å². The fourth-order valence-corrected chi connectivity index (χ4v) is 3.08. The number of nitrogens with one attached hydrogen (secondary N) is 2. The van der Waals surface area contributed by atoms with E-state index in [4.69, 9.17) is 0 Å². The van der Waals surface area contributed by atoms with Crippen molar-refractivity contribution >= 4 is 16.8 Å². The third kappa shape index (κ3) is 3.08. The molecular weight excluding hydrogens is 326 g/mol. The Bertz CT molecular complexity index is 1040. The van der Waals surface area contributed by atoms with Crippen molar-refractivity contribution in [2.24, 2.45) is 0 Å². The van der Waals surface area contributed by atoms with Crippen LogP contribution in [0.4, 0.5) is 0 Å². The van der Waals surface area contributed by atoms with E-state index in [1.54, 1.807) is 10.8 Å². The molecule has 5 nitrogen and oxygen atoms in total. The number of hydrogen-bond donors (Lipinski definition) is 2. The third-order valence-corrected chi connectivity index (χ3v) is 4.71. The summed E-state index contributed by atoms with van der Waals surface area (Å²) in [6.45, 7) is 2.46. The van der Waals surface area contributed by atoms with E-state index in [1.807, 2.05) is 55.6 Å². The molecule has 0 aliphatic heterocycles. The van der Waals surface area contributed by atoms with Crippen LogP contribution in [0, 0.1) is 0 Å². The number of carbonyl (C=O) groups excluding carboxylic acids is 1. The summed E-state index contributed by atoms with van der Waals surface area (Å²) >= 11 is 0. The van der Waals surface area contributed by atoms with Gasteiger partial charge in [0, 0.05) is 41.5 Å². The van der Waals surface area contributed by atoms with Gasteiger partial charge in [-0.05, 0) is 43.5 Å². The lowest BCUT2D eigenvalue weighted by Crippen LogP contribution is -2.25. The molecule has 1 amide bonds. The first-order chi connectivity index (χ1) is 12.7. The Balaban J connectivity index is 1.73. The number of benzene rings is 1. The zero-order valence-corrected chi connectivity index (χ0v) is 14.7. The molecule has 2 N–H and O–H groups in total. The smallest absolute Gasteiger partial charge is 0.275 e. The molecule has 26 heavy (non-hydrogen) atoms. The van der Waals surface area contributed by atoms with Gasteiger partial charge in [-0.15, -0.1) is 0 Å². The van der Waals surface area contributed by atoms with E-state index >= 15 is 0 Å². The number of amides is 1. The van der Waals surface area contributed by atoms with Crippen LogP contribution >= 0.6 is 0 Å². The molecule has 1 aliphatic carbocycles. The molecule has 1 aliphatic rings. The molecule has 3 aromatic rings. The molecule has 0 spiro atoms. The Hall–Kier alpha value is -3.08. The lowest BCUT2D eigenvalue weighted by atomic mass is 10.0. The second-order valence-electron chi connectivity index (χ2n) is 6.66. The molecule has 0 unspecified atom stereocenters. The van der Waals surface area contributed by atoms with Crippen molar-refractivity contribution in [3.05, 3.63) is 70.8 Å². The number of pyridine rings is 1. The van der Waals surface area contributed by atoms with Gasteiger partial charge in [0.05, 0.1) is 0 Å². The molecule has 1 aromatic carbocycles. The van der Waals surface area contributed by atoms with Crippen molar-refractivity contribution in [3.63, 3.8) is 0 Å². The highest BCUT2D eigenvalue weighted by Crippen LogP contribution is 2.27. The number of fused-ring (bicyclic) bond motifs is 1. The number of carbonyl (C=O) groups is 1. The first-order valence-corrected chi connectivity index (χ1v) is 8.90. The monoisotopic (exact) mass is 347 g/mol. The normalized spacial score (nSPS) is 14.2. The minimum absolute atomic E-state index is 0.0242. The molecule has 5 heteroatoms. The van der Waals surface area contributed by atoms with Crippen molar-refractivity contribution in [1.29, 1.82) is 0 Å². The van der Waals surface area contributed by atoms with Crippen molar-refractivity contribution in [2.45, 2.75) is 32.4 Å². The maximum atomic E-state index is 12.6. The second kappa shape index (κ2) is 6.67. The summed E-state index contributed by atoms with van der Waals surface area (Å²) in [5.41, 5.74) is 3.18. The fraction of sp³-hybridized carbons (Fsp3) is 0.238. The summed E-state index contributed by atoms with van der Waals surface area (Å²) in [5.74, 6) is -0.0242. The summed E-state index contributed by atoms with van der Waals surface area (Å²) < 4.78 is 1.70. The highest BCUT2D eigenvalue weighted by Gasteiger charge is 2.23. The van der Waals surface area contributed by atoms with Crippen LogP contribution in [0.25, 0.3) is 22.0 Å². The van der Waals surface area contributed by atoms with Gasteiger partial charge in [0.2, 0.25) is 0 Å². The number of aromatic nitrogens is 2. The van der Waals surface area contributed by atoms with E-state index < -0.39 is 0 Å². The zero-order valence-electron chi connectivity index (χ0n) is 14.7. The fourth-order valence-electron chi connectivity index (χ4n) is 3.08. The standard InChI is InChI=1S/C21H21N3O2/c1-2-3-12-24-13-18(17-10-11-22-19(17)21(24)26)14-4-6-15(7-5-14)20(25)23-16-8-9-16/h2-7,10-11,13,16,22H,8-9,12H2,1H3,(H,23,25)/b3-2+. The van der Waals surface area contributed by atoms with Crippen LogP contribution in [-0.2, 0) is 6.54 Å². The second-order valence-corrected chi connectivity index (χ2v) is 6.66. The van der Waals surface area contributed by atoms with E-state index in [9.17, 15) is 9.59 Å². The molecule has 0 bridgehead atoms. The Morgan fingerprint density at radius 2 is 2.04 bits per heavy atom. The van der Waals surface area contributed by atoms with E-state index in [0.717, 1.165) is 29.4 Å². The first-order valence-electron chi connectivity index (χ1n) is 8.90. The van der Waals surface area contributed by atoms with Gasteiger partial charge in [-0.25, -0.2) is 0 Å². The van der Waals surface area contributed by atoms with Crippen LogP contribution in [0.15, 0.2) is 59.7 Å².